The summed E-state index contributed by atoms with van der Waals surface area (Å²) in [7, 11) is 0. The summed E-state index contributed by atoms with van der Waals surface area (Å²) >= 11 is 5.79. The van der Waals surface area contributed by atoms with Crippen molar-refractivity contribution >= 4 is 11.6 Å². The van der Waals surface area contributed by atoms with Gasteiger partial charge in [-0.2, -0.15) is 0 Å². The molecule has 4 heteroatoms. The van der Waals surface area contributed by atoms with Crippen molar-refractivity contribution in [2.45, 2.75) is 19.4 Å². The van der Waals surface area contributed by atoms with Gasteiger partial charge >= 0.3 is 0 Å². The second kappa shape index (κ2) is 6.64. The number of nitrogens with one attached hydrogen (secondary N) is 1. The SMILES string of the molecule is CCNC(Cc1ccccn1)c1ccc(Cl)cc1F. The quantitative estimate of drug-likeness (QED) is 0.901. The topological polar surface area (TPSA) is 24.9 Å². The van der Waals surface area contributed by atoms with Crippen molar-refractivity contribution in [2.75, 3.05) is 6.54 Å². The van der Waals surface area contributed by atoms with Gasteiger partial charge in [0.2, 0.25) is 0 Å². The van der Waals surface area contributed by atoms with Gasteiger partial charge in [0.25, 0.3) is 0 Å². The number of aromatic nitrogens is 1. The minimum Gasteiger partial charge on any atom is -0.310 e. The van der Waals surface area contributed by atoms with E-state index in [0.29, 0.717) is 17.0 Å². The molecule has 1 unspecified atom stereocenters. The Morgan fingerprint density at radius 3 is 2.79 bits per heavy atom. The maximum absolute atomic E-state index is 14.0. The number of nitrogens with zero attached hydrogens (tertiary/aromatic N) is 1. The fraction of sp³-hybridized carbons (Fsp3) is 0.267. The fourth-order valence-electron chi connectivity index (χ4n) is 2.05. The third kappa shape index (κ3) is 3.75. The van der Waals surface area contributed by atoms with Crippen molar-refractivity contribution in [3.63, 3.8) is 0 Å². The minimum absolute atomic E-state index is 0.0998. The van der Waals surface area contributed by atoms with E-state index < -0.39 is 0 Å². The van der Waals surface area contributed by atoms with Crippen LogP contribution in [0.2, 0.25) is 5.02 Å². The molecule has 0 fully saturated rings. The molecule has 1 heterocycles. The van der Waals surface area contributed by atoms with E-state index in [9.17, 15) is 4.39 Å². The highest BCUT2D eigenvalue weighted by molar-refractivity contribution is 6.30. The smallest absolute Gasteiger partial charge is 0.129 e. The monoisotopic (exact) mass is 278 g/mol. The van der Waals surface area contributed by atoms with Gasteiger partial charge in [0, 0.05) is 34.9 Å². The van der Waals surface area contributed by atoms with Crippen LogP contribution in [0.4, 0.5) is 4.39 Å². The fourth-order valence-corrected chi connectivity index (χ4v) is 2.21. The van der Waals surface area contributed by atoms with Crippen LogP contribution in [0.3, 0.4) is 0 Å². The van der Waals surface area contributed by atoms with Crippen LogP contribution >= 0.6 is 11.6 Å². The zero-order valence-corrected chi connectivity index (χ0v) is 11.5. The lowest BCUT2D eigenvalue weighted by Crippen LogP contribution is -2.24. The van der Waals surface area contributed by atoms with E-state index in [2.05, 4.69) is 10.3 Å². The van der Waals surface area contributed by atoms with Crippen LogP contribution in [0, 0.1) is 5.82 Å². The summed E-state index contributed by atoms with van der Waals surface area (Å²) < 4.78 is 14.0. The number of benzene rings is 1. The van der Waals surface area contributed by atoms with Gasteiger partial charge in [0.05, 0.1) is 0 Å². The lowest BCUT2D eigenvalue weighted by molar-refractivity contribution is 0.506. The molecule has 0 aliphatic carbocycles. The maximum atomic E-state index is 14.0. The molecular weight excluding hydrogens is 263 g/mol. The van der Waals surface area contributed by atoms with Gasteiger partial charge in [-0.1, -0.05) is 30.7 Å². The molecule has 0 saturated carbocycles. The molecule has 0 amide bonds. The van der Waals surface area contributed by atoms with Crippen LogP contribution in [0.5, 0.6) is 0 Å². The Labute approximate surface area is 117 Å². The number of pyridine rings is 1. The molecule has 19 heavy (non-hydrogen) atoms. The summed E-state index contributed by atoms with van der Waals surface area (Å²) in [6.07, 6.45) is 2.39. The molecule has 1 aromatic heterocycles. The molecule has 1 atom stereocenters. The number of hydrogen-bond acceptors (Lipinski definition) is 2. The van der Waals surface area contributed by atoms with E-state index >= 15 is 0 Å². The van der Waals surface area contributed by atoms with Crippen LogP contribution < -0.4 is 5.32 Å². The van der Waals surface area contributed by atoms with Crippen LogP contribution in [0.15, 0.2) is 42.6 Å². The van der Waals surface area contributed by atoms with Crippen LogP contribution in [0.1, 0.15) is 24.2 Å². The van der Waals surface area contributed by atoms with E-state index in [0.717, 1.165) is 12.2 Å². The van der Waals surface area contributed by atoms with E-state index in [4.69, 9.17) is 11.6 Å². The Morgan fingerprint density at radius 2 is 2.16 bits per heavy atom. The first-order valence-electron chi connectivity index (χ1n) is 6.29. The largest absolute Gasteiger partial charge is 0.310 e. The van der Waals surface area contributed by atoms with E-state index in [1.54, 1.807) is 18.3 Å². The van der Waals surface area contributed by atoms with Crippen molar-refractivity contribution in [3.05, 3.63) is 64.7 Å². The highest BCUT2D eigenvalue weighted by Crippen LogP contribution is 2.23. The maximum Gasteiger partial charge on any atom is 0.129 e. The third-order valence-corrected chi connectivity index (χ3v) is 3.16. The number of hydrogen-bond donors (Lipinski definition) is 1. The lowest BCUT2D eigenvalue weighted by atomic mass is 10.0. The zero-order chi connectivity index (χ0) is 13.7. The minimum atomic E-state index is -0.283. The molecule has 0 aliphatic heterocycles. The Balaban J connectivity index is 2.24. The number of likely N-dealkylation sites (N-methyl/N-ethyl adjacent to an activating group) is 1. The molecule has 1 N–H and O–H groups in total. The standard InChI is InChI=1S/C15H16ClFN2/c1-2-18-15(10-12-5-3-4-8-19-12)13-7-6-11(16)9-14(13)17/h3-9,15,18H,2,10H2,1H3. The Bertz CT molecular complexity index is 531. The summed E-state index contributed by atoms with van der Waals surface area (Å²) in [5.74, 6) is -0.283. The van der Waals surface area contributed by atoms with Gasteiger partial charge in [-0.05, 0) is 30.8 Å². The van der Waals surface area contributed by atoms with E-state index in [1.165, 1.54) is 6.07 Å². The molecule has 2 aromatic rings. The van der Waals surface area contributed by atoms with Crippen LogP contribution in [-0.4, -0.2) is 11.5 Å². The third-order valence-electron chi connectivity index (χ3n) is 2.93. The van der Waals surface area contributed by atoms with E-state index in [1.807, 2.05) is 25.1 Å². The highest BCUT2D eigenvalue weighted by atomic mass is 35.5. The molecule has 2 rings (SSSR count). The molecule has 0 saturated heterocycles. The first-order chi connectivity index (χ1) is 9.20. The predicted molar refractivity (Wildman–Crippen MR) is 75.8 cm³/mol. The van der Waals surface area contributed by atoms with Crippen molar-refractivity contribution < 1.29 is 4.39 Å². The second-order valence-corrected chi connectivity index (χ2v) is 4.74. The molecule has 1 aromatic carbocycles. The number of halogens is 2. The molecule has 0 spiro atoms. The zero-order valence-electron chi connectivity index (χ0n) is 10.7. The van der Waals surface area contributed by atoms with Crippen LogP contribution in [0.25, 0.3) is 0 Å². The Kier molecular flexibility index (Phi) is 4.88. The average Bonchev–Trinajstić information content (AvgIpc) is 2.39. The van der Waals surface area contributed by atoms with Gasteiger partial charge in [0.1, 0.15) is 5.82 Å². The van der Waals surface area contributed by atoms with Crippen LogP contribution in [-0.2, 0) is 6.42 Å². The average molecular weight is 279 g/mol. The molecule has 0 radical (unpaired) electrons. The van der Waals surface area contributed by atoms with Crippen molar-refractivity contribution in [2.24, 2.45) is 0 Å². The second-order valence-electron chi connectivity index (χ2n) is 4.30. The molecular formula is C15H16ClFN2. The first-order valence-corrected chi connectivity index (χ1v) is 6.66. The summed E-state index contributed by atoms with van der Waals surface area (Å²) in [5.41, 5.74) is 1.56. The van der Waals surface area contributed by atoms with Crippen molar-refractivity contribution in [1.82, 2.24) is 10.3 Å². The Hall–Kier alpha value is -1.45. The summed E-state index contributed by atoms with van der Waals surface area (Å²) in [6, 6.07) is 10.4. The predicted octanol–water partition coefficient (Wildman–Crippen LogP) is 3.77. The normalized spacial score (nSPS) is 12.4. The highest BCUT2D eigenvalue weighted by Gasteiger charge is 2.16. The lowest BCUT2D eigenvalue weighted by Gasteiger charge is -2.18. The summed E-state index contributed by atoms with van der Waals surface area (Å²) in [6.45, 7) is 2.76. The van der Waals surface area contributed by atoms with Gasteiger partial charge in [0.15, 0.2) is 0 Å². The number of rotatable bonds is 5. The van der Waals surface area contributed by atoms with E-state index in [-0.39, 0.29) is 11.9 Å². The molecule has 2 nitrogen and oxygen atoms in total. The van der Waals surface area contributed by atoms with Gasteiger partial charge < -0.3 is 5.32 Å². The van der Waals surface area contributed by atoms with Crippen molar-refractivity contribution in [3.8, 4) is 0 Å². The first kappa shape index (κ1) is 14.0. The summed E-state index contributed by atoms with van der Waals surface area (Å²) in [4.78, 5) is 4.29. The van der Waals surface area contributed by atoms with Crippen molar-refractivity contribution in [1.29, 1.82) is 0 Å². The van der Waals surface area contributed by atoms with Gasteiger partial charge in [-0.15, -0.1) is 0 Å². The van der Waals surface area contributed by atoms with Gasteiger partial charge in [-0.3, -0.25) is 4.98 Å². The van der Waals surface area contributed by atoms with Gasteiger partial charge in [-0.25, -0.2) is 4.39 Å². The molecule has 0 aliphatic rings. The molecule has 100 valence electrons. The Morgan fingerprint density at radius 1 is 1.32 bits per heavy atom. The summed E-state index contributed by atoms with van der Waals surface area (Å²) in [5, 5.41) is 3.70. The molecule has 0 bridgehead atoms.